The summed E-state index contributed by atoms with van der Waals surface area (Å²) in [5.74, 6) is 1.76. The first-order chi connectivity index (χ1) is 10.1. The van der Waals surface area contributed by atoms with E-state index in [-0.39, 0.29) is 0 Å². The fourth-order valence-corrected chi connectivity index (χ4v) is 4.54. The zero-order valence-electron chi connectivity index (χ0n) is 14.3. The highest BCUT2D eigenvalue weighted by Gasteiger charge is 2.50. The van der Waals surface area contributed by atoms with Gasteiger partial charge in [0, 0.05) is 43.9 Å². The van der Waals surface area contributed by atoms with E-state index in [1.165, 1.54) is 58.2 Å². The molecule has 0 aromatic rings. The third-order valence-corrected chi connectivity index (χ3v) is 6.63. The van der Waals surface area contributed by atoms with Crippen molar-refractivity contribution in [3.63, 3.8) is 0 Å². The Bertz CT molecular complexity index is 345. The lowest BCUT2D eigenvalue weighted by Crippen LogP contribution is -2.70. The molecule has 0 radical (unpaired) electrons. The van der Waals surface area contributed by atoms with Crippen molar-refractivity contribution in [2.45, 2.75) is 70.4 Å². The van der Waals surface area contributed by atoms with E-state index in [1.54, 1.807) is 0 Å². The second-order valence-corrected chi connectivity index (χ2v) is 7.91. The van der Waals surface area contributed by atoms with E-state index in [0.717, 1.165) is 25.0 Å². The quantitative estimate of drug-likeness (QED) is 0.843. The van der Waals surface area contributed by atoms with E-state index in [9.17, 15) is 0 Å². The van der Waals surface area contributed by atoms with Gasteiger partial charge in [0.25, 0.3) is 0 Å². The van der Waals surface area contributed by atoms with Gasteiger partial charge in [-0.25, -0.2) is 0 Å². The number of nitrogens with zero attached hydrogens (tertiary/aromatic N) is 1. The first-order valence-corrected chi connectivity index (χ1v) is 9.20. The Labute approximate surface area is 130 Å². The van der Waals surface area contributed by atoms with Crippen LogP contribution >= 0.6 is 0 Å². The zero-order valence-corrected chi connectivity index (χ0v) is 14.3. The topological polar surface area (TPSA) is 24.5 Å². The van der Waals surface area contributed by atoms with Gasteiger partial charge in [0.2, 0.25) is 0 Å². The second-order valence-electron chi connectivity index (χ2n) is 7.91. The maximum atomic E-state index is 5.55. The normalized spacial score (nSPS) is 35.0. The van der Waals surface area contributed by atoms with Crippen molar-refractivity contribution in [3.8, 4) is 0 Å². The molecule has 3 fully saturated rings. The van der Waals surface area contributed by atoms with E-state index in [0.29, 0.717) is 11.1 Å². The zero-order chi connectivity index (χ0) is 14.9. The highest BCUT2D eigenvalue weighted by atomic mass is 16.5. The molecule has 0 amide bonds. The maximum absolute atomic E-state index is 5.55. The summed E-state index contributed by atoms with van der Waals surface area (Å²) in [6.45, 7) is 12.9. The highest BCUT2D eigenvalue weighted by molar-refractivity contribution is 5.08. The SMILES string of the molecule is CCC1(CC)CNC(C)(C2CC2)CN1CC1CCOCC1. The standard InChI is InChI=1S/C18H34N2O/c1-4-18(5-2)13-19-17(3,16-6-7-16)14-20(18)12-15-8-10-21-11-9-15/h15-16,19H,4-14H2,1-3H3. The van der Waals surface area contributed by atoms with E-state index in [1.807, 2.05) is 0 Å². The average Bonchev–Trinajstić information content (AvgIpc) is 3.35. The van der Waals surface area contributed by atoms with Gasteiger partial charge in [-0.3, -0.25) is 4.90 Å². The summed E-state index contributed by atoms with van der Waals surface area (Å²) in [4.78, 5) is 2.87. The molecule has 3 aliphatic rings. The Kier molecular flexibility index (Phi) is 4.63. The monoisotopic (exact) mass is 294 g/mol. The van der Waals surface area contributed by atoms with Crippen LogP contribution in [0.25, 0.3) is 0 Å². The Hall–Kier alpha value is -0.120. The third-order valence-electron chi connectivity index (χ3n) is 6.63. The molecule has 3 nitrogen and oxygen atoms in total. The van der Waals surface area contributed by atoms with Gasteiger partial charge < -0.3 is 10.1 Å². The number of ether oxygens (including phenoxy) is 1. The van der Waals surface area contributed by atoms with E-state index < -0.39 is 0 Å². The predicted octanol–water partition coefficient (Wildman–Crippen LogP) is 3.05. The predicted molar refractivity (Wildman–Crippen MR) is 87.6 cm³/mol. The van der Waals surface area contributed by atoms with Gasteiger partial charge in [-0.1, -0.05) is 13.8 Å². The Morgan fingerprint density at radius 1 is 1.10 bits per heavy atom. The van der Waals surface area contributed by atoms with Crippen molar-refractivity contribution in [1.29, 1.82) is 0 Å². The Morgan fingerprint density at radius 3 is 2.33 bits per heavy atom. The summed E-state index contributed by atoms with van der Waals surface area (Å²) in [5.41, 5.74) is 0.742. The number of piperazine rings is 1. The van der Waals surface area contributed by atoms with Gasteiger partial charge >= 0.3 is 0 Å². The van der Waals surface area contributed by atoms with Crippen molar-refractivity contribution < 1.29 is 4.74 Å². The van der Waals surface area contributed by atoms with Crippen molar-refractivity contribution >= 4 is 0 Å². The summed E-state index contributed by atoms with van der Waals surface area (Å²) < 4.78 is 5.55. The molecule has 122 valence electrons. The number of nitrogens with one attached hydrogen (secondary N) is 1. The first kappa shape index (κ1) is 15.8. The summed E-state index contributed by atoms with van der Waals surface area (Å²) in [6, 6.07) is 0. The Balaban J connectivity index is 1.72. The summed E-state index contributed by atoms with van der Waals surface area (Å²) in [7, 11) is 0. The van der Waals surface area contributed by atoms with Crippen LogP contribution in [0.3, 0.4) is 0 Å². The molecule has 1 saturated carbocycles. The second kappa shape index (κ2) is 6.17. The van der Waals surface area contributed by atoms with Crippen molar-refractivity contribution in [3.05, 3.63) is 0 Å². The molecule has 0 spiro atoms. The number of hydrogen-bond acceptors (Lipinski definition) is 3. The molecule has 3 rings (SSSR count). The van der Waals surface area contributed by atoms with Crippen LogP contribution in [0.2, 0.25) is 0 Å². The van der Waals surface area contributed by atoms with Crippen molar-refractivity contribution in [2.75, 3.05) is 32.8 Å². The molecule has 0 bridgehead atoms. The molecular weight excluding hydrogens is 260 g/mol. The molecule has 21 heavy (non-hydrogen) atoms. The minimum absolute atomic E-state index is 0.360. The molecule has 2 aliphatic heterocycles. The summed E-state index contributed by atoms with van der Waals surface area (Å²) >= 11 is 0. The van der Waals surface area contributed by atoms with E-state index >= 15 is 0 Å². The van der Waals surface area contributed by atoms with Crippen LogP contribution in [-0.4, -0.2) is 48.8 Å². The van der Waals surface area contributed by atoms with E-state index in [4.69, 9.17) is 4.74 Å². The number of rotatable bonds is 5. The minimum atomic E-state index is 0.360. The summed E-state index contributed by atoms with van der Waals surface area (Å²) in [5, 5.41) is 3.95. The average molecular weight is 294 g/mol. The van der Waals surface area contributed by atoms with Crippen LogP contribution in [-0.2, 0) is 4.74 Å². The molecule has 2 saturated heterocycles. The summed E-state index contributed by atoms with van der Waals surface area (Å²) in [6.07, 6.45) is 7.90. The maximum Gasteiger partial charge on any atom is 0.0469 e. The first-order valence-electron chi connectivity index (χ1n) is 9.20. The molecule has 1 N–H and O–H groups in total. The van der Waals surface area contributed by atoms with Gasteiger partial charge in [-0.05, 0) is 57.3 Å². The van der Waals surface area contributed by atoms with Crippen molar-refractivity contribution in [2.24, 2.45) is 11.8 Å². The molecule has 2 heterocycles. The molecule has 1 unspecified atom stereocenters. The lowest BCUT2D eigenvalue weighted by atomic mass is 9.80. The molecule has 0 aromatic carbocycles. The fourth-order valence-electron chi connectivity index (χ4n) is 4.54. The van der Waals surface area contributed by atoms with Crippen LogP contribution < -0.4 is 5.32 Å². The third kappa shape index (κ3) is 3.16. The van der Waals surface area contributed by atoms with Gasteiger partial charge in [0.15, 0.2) is 0 Å². The lowest BCUT2D eigenvalue weighted by Gasteiger charge is -2.55. The van der Waals surface area contributed by atoms with Crippen LogP contribution in [0, 0.1) is 11.8 Å². The molecule has 0 aromatic heterocycles. The molecule has 1 aliphatic carbocycles. The van der Waals surface area contributed by atoms with Crippen molar-refractivity contribution in [1.82, 2.24) is 10.2 Å². The van der Waals surface area contributed by atoms with Gasteiger partial charge in [0.05, 0.1) is 0 Å². The van der Waals surface area contributed by atoms with Crippen LogP contribution in [0.15, 0.2) is 0 Å². The fraction of sp³-hybridized carbons (Fsp3) is 1.00. The van der Waals surface area contributed by atoms with Crippen LogP contribution in [0.5, 0.6) is 0 Å². The molecule has 3 heteroatoms. The van der Waals surface area contributed by atoms with Gasteiger partial charge in [-0.15, -0.1) is 0 Å². The van der Waals surface area contributed by atoms with E-state index in [2.05, 4.69) is 31.0 Å². The van der Waals surface area contributed by atoms with Gasteiger partial charge in [0.1, 0.15) is 0 Å². The van der Waals surface area contributed by atoms with Crippen LogP contribution in [0.1, 0.15) is 59.3 Å². The van der Waals surface area contributed by atoms with Crippen LogP contribution in [0.4, 0.5) is 0 Å². The number of hydrogen-bond donors (Lipinski definition) is 1. The lowest BCUT2D eigenvalue weighted by molar-refractivity contribution is -0.0293. The highest BCUT2D eigenvalue weighted by Crippen LogP contribution is 2.44. The van der Waals surface area contributed by atoms with Gasteiger partial charge in [-0.2, -0.15) is 0 Å². The molecular formula is C18H34N2O. The smallest absolute Gasteiger partial charge is 0.0469 e. The minimum Gasteiger partial charge on any atom is -0.381 e. The largest absolute Gasteiger partial charge is 0.381 e. The Morgan fingerprint density at radius 2 is 1.76 bits per heavy atom. The molecule has 1 atom stereocenters.